The van der Waals surface area contributed by atoms with Crippen molar-refractivity contribution in [2.24, 2.45) is 0 Å². The van der Waals surface area contributed by atoms with Crippen LogP contribution in [0, 0.1) is 0 Å². The van der Waals surface area contributed by atoms with Gasteiger partial charge in [0.05, 0.1) is 0 Å². The topological polar surface area (TPSA) is 38.1 Å². The van der Waals surface area contributed by atoms with E-state index in [4.69, 9.17) is 0 Å². The van der Waals surface area contributed by atoms with Crippen LogP contribution in [0.25, 0.3) is 0 Å². The predicted octanol–water partition coefficient (Wildman–Crippen LogP) is 0.184. The van der Waals surface area contributed by atoms with Crippen LogP contribution in [-0.4, -0.2) is 28.5 Å². The number of ketones is 1. The minimum Gasteiger partial charge on any atom is -0.311 e. The molecule has 1 saturated heterocycles. The number of imidazole rings is 1. The van der Waals surface area contributed by atoms with Crippen LogP contribution in [0.4, 0.5) is 0 Å². The Kier molecular flexibility index (Phi) is 1.81. The summed E-state index contributed by atoms with van der Waals surface area (Å²) in [6.45, 7) is 1.63. The predicted molar refractivity (Wildman–Crippen MR) is 44.4 cm³/mol. The first kappa shape index (κ1) is 7.34. The summed E-state index contributed by atoms with van der Waals surface area (Å²) in [4.78, 5) is 14.9. The van der Waals surface area contributed by atoms with Gasteiger partial charge in [-0.2, -0.15) is 0 Å². The molecule has 0 spiro atoms. The quantitative estimate of drug-likeness (QED) is 0.596. The van der Waals surface area contributed by atoms with E-state index in [-0.39, 0.29) is 0 Å². The fraction of sp³-hybridized carbons (Fsp3) is 0.500. The number of carbonyl (C=O) groups is 1. The SMILES string of the molecule is O=C1CCN(n2ccnc2)CC1. The molecule has 4 nitrogen and oxygen atoms in total. The highest BCUT2D eigenvalue weighted by Crippen LogP contribution is 2.04. The molecule has 1 aromatic heterocycles. The lowest BCUT2D eigenvalue weighted by Gasteiger charge is -2.28. The van der Waals surface area contributed by atoms with Crippen molar-refractivity contribution in [1.82, 2.24) is 9.66 Å². The van der Waals surface area contributed by atoms with Crippen molar-refractivity contribution < 1.29 is 4.79 Å². The number of hydrogen-bond acceptors (Lipinski definition) is 3. The molecule has 0 aliphatic carbocycles. The summed E-state index contributed by atoms with van der Waals surface area (Å²) in [5, 5.41) is 2.12. The number of nitrogens with zero attached hydrogens (tertiary/aromatic N) is 3. The molecule has 1 aliphatic rings. The first-order chi connectivity index (χ1) is 5.86. The average molecular weight is 165 g/mol. The van der Waals surface area contributed by atoms with Gasteiger partial charge in [-0.25, -0.2) is 4.98 Å². The first-order valence-electron chi connectivity index (χ1n) is 4.11. The van der Waals surface area contributed by atoms with Crippen molar-refractivity contribution in [2.45, 2.75) is 12.8 Å². The summed E-state index contributed by atoms with van der Waals surface area (Å²) in [6, 6.07) is 0. The third-order valence-electron chi connectivity index (χ3n) is 2.11. The van der Waals surface area contributed by atoms with E-state index in [1.54, 1.807) is 12.5 Å². The zero-order chi connectivity index (χ0) is 8.39. The second-order valence-corrected chi connectivity index (χ2v) is 2.94. The molecular formula is C8H11N3O. The van der Waals surface area contributed by atoms with Gasteiger partial charge in [-0.15, -0.1) is 0 Å². The van der Waals surface area contributed by atoms with Gasteiger partial charge in [-0.05, 0) is 0 Å². The van der Waals surface area contributed by atoms with Crippen molar-refractivity contribution in [3.05, 3.63) is 18.7 Å². The minimum absolute atomic E-state index is 0.367. The van der Waals surface area contributed by atoms with Crippen molar-refractivity contribution in [3.8, 4) is 0 Å². The molecule has 0 radical (unpaired) electrons. The second kappa shape index (κ2) is 2.97. The molecule has 1 fully saturated rings. The highest BCUT2D eigenvalue weighted by Gasteiger charge is 2.15. The Hall–Kier alpha value is -1.32. The monoisotopic (exact) mass is 165 g/mol. The largest absolute Gasteiger partial charge is 0.311 e. The van der Waals surface area contributed by atoms with Crippen LogP contribution in [0.3, 0.4) is 0 Å². The lowest BCUT2D eigenvalue weighted by molar-refractivity contribution is -0.119. The molecule has 1 aliphatic heterocycles. The lowest BCUT2D eigenvalue weighted by Crippen LogP contribution is -2.41. The smallest absolute Gasteiger partial charge is 0.136 e. The number of aromatic nitrogens is 2. The maximum atomic E-state index is 10.9. The molecule has 0 N–H and O–H groups in total. The summed E-state index contributed by atoms with van der Waals surface area (Å²) >= 11 is 0. The van der Waals surface area contributed by atoms with E-state index < -0.39 is 0 Å². The fourth-order valence-corrected chi connectivity index (χ4v) is 1.39. The van der Waals surface area contributed by atoms with Crippen LogP contribution in [0.1, 0.15) is 12.8 Å². The fourth-order valence-electron chi connectivity index (χ4n) is 1.39. The van der Waals surface area contributed by atoms with Gasteiger partial charge in [0.25, 0.3) is 0 Å². The van der Waals surface area contributed by atoms with Gasteiger partial charge >= 0.3 is 0 Å². The molecule has 0 amide bonds. The molecule has 0 bridgehead atoms. The van der Waals surface area contributed by atoms with Gasteiger partial charge in [-0.1, -0.05) is 0 Å². The molecular weight excluding hydrogens is 154 g/mol. The van der Waals surface area contributed by atoms with Crippen LogP contribution in [0.15, 0.2) is 18.7 Å². The van der Waals surface area contributed by atoms with Gasteiger partial charge < -0.3 is 5.01 Å². The van der Waals surface area contributed by atoms with Crippen LogP contribution in [-0.2, 0) is 4.79 Å². The Morgan fingerprint density at radius 1 is 1.33 bits per heavy atom. The molecule has 4 heteroatoms. The summed E-state index contributed by atoms with van der Waals surface area (Å²) in [7, 11) is 0. The van der Waals surface area contributed by atoms with E-state index in [2.05, 4.69) is 9.99 Å². The molecule has 64 valence electrons. The first-order valence-corrected chi connectivity index (χ1v) is 4.11. The van der Waals surface area contributed by atoms with Gasteiger partial charge in [0.15, 0.2) is 0 Å². The van der Waals surface area contributed by atoms with Gasteiger partial charge in [0.2, 0.25) is 0 Å². The zero-order valence-electron chi connectivity index (χ0n) is 6.81. The van der Waals surface area contributed by atoms with E-state index in [1.165, 1.54) is 0 Å². The van der Waals surface area contributed by atoms with Crippen molar-refractivity contribution >= 4 is 5.78 Å². The van der Waals surface area contributed by atoms with Crippen molar-refractivity contribution in [2.75, 3.05) is 18.1 Å². The van der Waals surface area contributed by atoms with E-state index in [9.17, 15) is 4.79 Å². The molecule has 0 atom stereocenters. The number of carbonyl (C=O) groups excluding carboxylic acids is 1. The molecule has 0 unspecified atom stereocenters. The molecule has 1 aromatic rings. The third-order valence-corrected chi connectivity index (χ3v) is 2.11. The Morgan fingerprint density at radius 3 is 2.67 bits per heavy atom. The highest BCUT2D eigenvalue weighted by atomic mass is 16.1. The molecule has 12 heavy (non-hydrogen) atoms. The molecule has 0 saturated carbocycles. The molecule has 2 heterocycles. The Balaban J connectivity index is 2.03. The van der Waals surface area contributed by atoms with Crippen LogP contribution in [0.2, 0.25) is 0 Å². The van der Waals surface area contributed by atoms with E-state index in [1.807, 2.05) is 10.9 Å². The summed E-state index contributed by atoms with van der Waals surface area (Å²) in [5.41, 5.74) is 0. The van der Waals surface area contributed by atoms with Crippen molar-refractivity contribution in [3.63, 3.8) is 0 Å². The van der Waals surface area contributed by atoms with E-state index >= 15 is 0 Å². The number of hydrogen-bond donors (Lipinski definition) is 0. The highest BCUT2D eigenvalue weighted by molar-refractivity contribution is 5.80. The van der Waals surface area contributed by atoms with Gasteiger partial charge in [-0.3, -0.25) is 9.47 Å². The summed E-state index contributed by atoms with van der Waals surface area (Å²) in [6.07, 6.45) is 6.73. The number of Topliss-reactive ketones (excluding diaryl/α,β-unsaturated/α-hetero) is 1. The zero-order valence-corrected chi connectivity index (χ0v) is 6.81. The van der Waals surface area contributed by atoms with E-state index in [0.717, 1.165) is 13.1 Å². The van der Waals surface area contributed by atoms with Gasteiger partial charge in [0, 0.05) is 38.3 Å². The second-order valence-electron chi connectivity index (χ2n) is 2.94. The normalized spacial score (nSPS) is 18.3. The summed E-state index contributed by atoms with van der Waals surface area (Å²) in [5.74, 6) is 0.367. The third kappa shape index (κ3) is 1.32. The summed E-state index contributed by atoms with van der Waals surface area (Å²) < 4.78 is 1.94. The van der Waals surface area contributed by atoms with Crippen LogP contribution in [0.5, 0.6) is 0 Å². The average Bonchev–Trinajstić information content (AvgIpc) is 2.58. The number of rotatable bonds is 1. The maximum absolute atomic E-state index is 10.9. The lowest BCUT2D eigenvalue weighted by atomic mass is 10.1. The van der Waals surface area contributed by atoms with Gasteiger partial charge in [0.1, 0.15) is 12.1 Å². The Morgan fingerprint density at radius 2 is 2.08 bits per heavy atom. The van der Waals surface area contributed by atoms with Crippen LogP contribution < -0.4 is 5.01 Å². The van der Waals surface area contributed by atoms with Crippen LogP contribution >= 0.6 is 0 Å². The minimum atomic E-state index is 0.367. The Bertz CT molecular complexity index is 258. The Labute approximate surface area is 70.8 Å². The molecule has 2 rings (SSSR count). The molecule has 0 aromatic carbocycles. The van der Waals surface area contributed by atoms with E-state index in [0.29, 0.717) is 18.6 Å². The maximum Gasteiger partial charge on any atom is 0.136 e. The standard InChI is InChI=1S/C8H11N3O/c12-8-1-4-10(5-2-8)11-6-3-9-7-11/h3,6-7H,1-2,4-5H2. The number of piperidine rings is 1. The van der Waals surface area contributed by atoms with Crippen molar-refractivity contribution in [1.29, 1.82) is 0 Å².